The molecular weight excluding hydrogens is 504 g/mol. The highest BCUT2D eigenvalue weighted by Gasteiger charge is 2.68. The molecule has 9 nitrogen and oxygen atoms in total. The average molecular weight is 549 g/mol. The molecule has 1 saturated heterocycles. The number of cyclic esters (lactones) is 1. The average Bonchev–Trinajstić information content (AvgIpc) is 3.47. The smallest absolute Gasteiger partial charge is 0.331 e. The predicted molar refractivity (Wildman–Crippen MR) is 138 cm³/mol. The number of rotatable bonds is 5. The minimum Gasteiger partial charge on any atom is -0.458 e. The van der Waals surface area contributed by atoms with Crippen LogP contribution in [0.2, 0.25) is 0 Å². The van der Waals surface area contributed by atoms with Gasteiger partial charge in [-0.2, -0.15) is 0 Å². The molecule has 4 saturated carbocycles. The summed E-state index contributed by atoms with van der Waals surface area (Å²) in [7, 11) is 1.46. The van der Waals surface area contributed by atoms with Crippen molar-refractivity contribution in [3.8, 4) is 0 Å². The van der Waals surface area contributed by atoms with Crippen molar-refractivity contribution < 1.29 is 43.9 Å². The fraction of sp³-hybridized carbons (Fsp3) is 0.867. The maximum Gasteiger partial charge on any atom is 0.331 e. The number of hydrogen-bond donors (Lipinski definition) is 3. The Labute approximate surface area is 230 Å². The summed E-state index contributed by atoms with van der Waals surface area (Å²) in [6, 6.07) is 0. The van der Waals surface area contributed by atoms with Crippen LogP contribution in [0, 0.1) is 34.5 Å². The first-order valence-electron chi connectivity index (χ1n) is 14.8. The van der Waals surface area contributed by atoms with E-state index in [0.717, 1.165) is 37.7 Å². The summed E-state index contributed by atoms with van der Waals surface area (Å²) in [5, 5.41) is 33.4. The lowest BCUT2D eigenvalue weighted by Gasteiger charge is -2.63. The summed E-state index contributed by atoms with van der Waals surface area (Å²) in [6.45, 7) is 4.25. The SMILES string of the molecule is CO[C@H]1[C@H](O)[C@H](O[C@H]2CC[C@@]3(C=O)[C@H](CC[C@@H]4[C@H]3CC[C@]3(C)[C@H](C5=CC(=O)OC5)CC[C@]43O)C2)O[C@@H](C)[C@@H]1O. The number of aliphatic hydroxyl groups excluding tert-OH is 2. The quantitative estimate of drug-likeness (QED) is 0.269. The Bertz CT molecular complexity index is 1010. The van der Waals surface area contributed by atoms with Crippen molar-refractivity contribution >= 4 is 12.3 Å². The van der Waals surface area contributed by atoms with Gasteiger partial charge in [0, 0.05) is 24.0 Å². The Morgan fingerprint density at radius 2 is 1.85 bits per heavy atom. The second-order valence-corrected chi connectivity index (χ2v) is 13.4. The van der Waals surface area contributed by atoms with Crippen molar-refractivity contribution in [1.29, 1.82) is 0 Å². The van der Waals surface area contributed by atoms with E-state index in [1.807, 2.05) is 0 Å². The molecule has 218 valence electrons. The van der Waals surface area contributed by atoms with Gasteiger partial charge in [-0.05, 0) is 94.0 Å². The fourth-order valence-electron chi connectivity index (χ4n) is 10.00. The molecule has 5 fully saturated rings. The summed E-state index contributed by atoms with van der Waals surface area (Å²) in [5.41, 5.74) is -0.682. The third-order valence-electron chi connectivity index (χ3n) is 12.1. The van der Waals surface area contributed by atoms with E-state index >= 15 is 0 Å². The van der Waals surface area contributed by atoms with Crippen molar-refractivity contribution in [3.63, 3.8) is 0 Å². The van der Waals surface area contributed by atoms with Crippen LogP contribution in [-0.2, 0) is 28.5 Å². The topological polar surface area (TPSA) is 132 Å². The van der Waals surface area contributed by atoms with E-state index in [4.69, 9.17) is 18.9 Å². The second kappa shape index (κ2) is 9.88. The molecular formula is C30H44O9. The van der Waals surface area contributed by atoms with Crippen LogP contribution in [0.5, 0.6) is 0 Å². The molecule has 2 heterocycles. The van der Waals surface area contributed by atoms with Gasteiger partial charge in [0.1, 0.15) is 31.2 Å². The van der Waals surface area contributed by atoms with Gasteiger partial charge < -0.3 is 39.1 Å². The molecule has 3 N–H and O–H groups in total. The molecule has 0 aromatic heterocycles. The lowest BCUT2D eigenvalue weighted by atomic mass is 9.43. The molecule has 6 aliphatic rings. The minimum absolute atomic E-state index is 0.0482. The number of ether oxygens (including phenoxy) is 4. The molecule has 13 atom stereocenters. The Balaban J connectivity index is 1.18. The minimum atomic E-state index is -1.11. The first kappa shape index (κ1) is 27.8. The summed E-state index contributed by atoms with van der Waals surface area (Å²) in [6.07, 6.45) is 5.39. The van der Waals surface area contributed by atoms with E-state index in [1.165, 1.54) is 13.4 Å². The molecule has 39 heavy (non-hydrogen) atoms. The standard InChI is InChI=1S/C30H44O9/c1-16-24(33)26(36-3)25(34)27(38-16)39-19-6-10-29(15-31)18(13-19)4-5-22-21(29)7-9-28(2)20(8-11-30(22,28)35)17-12-23(32)37-14-17/h12,15-16,18-22,24-27,33-35H,4-11,13-14H2,1-3H3/t16-,18+,19-,20-,21+,22+,24-,25-,26+,27-,28+,29+,30-/m0/s1. The van der Waals surface area contributed by atoms with Gasteiger partial charge in [0.05, 0.1) is 17.8 Å². The van der Waals surface area contributed by atoms with E-state index < -0.39 is 41.7 Å². The van der Waals surface area contributed by atoms with Gasteiger partial charge in [-0.15, -0.1) is 0 Å². The van der Waals surface area contributed by atoms with E-state index in [2.05, 4.69) is 6.92 Å². The van der Waals surface area contributed by atoms with Crippen molar-refractivity contribution in [1.82, 2.24) is 0 Å². The van der Waals surface area contributed by atoms with Crippen LogP contribution in [0.15, 0.2) is 11.6 Å². The summed E-state index contributed by atoms with van der Waals surface area (Å²) in [4.78, 5) is 24.8. The van der Waals surface area contributed by atoms with Crippen molar-refractivity contribution in [3.05, 3.63) is 11.6 Å². The molecule has 0 aromatic carbocycles. The van der Waals surface area contributed by atoms with Gasteiger partial charge in [-0.3, -0.25) is 0 Å². The van der Waals surface area contributed by atoms with Gasteiger partial charge in [0.25, 0.3) is 0 Å². The van der Waals surface area contributed by atoms with Gasteiger partial charge in [0.2, 0.25) is 0 Å². The van der Waals surface area contributed by atoms with Gasteiger partial charge in [0.15, 0.2) is 6.29 Å². The zero-order chi connectivity index (χ0) is 27.7. The van der Waals surface area contributed by atoms with E-state index in [-0.39, 0.29) is 41.2 Å². The molecule has 0 bridgehead atoms. The number of aliphatic hydroxyl groups is 3. The Hall–Kier alpha value is -1.36. The first-order chi connectivity index (χ1) is 18.6. The Morgan fingerprint density at radius 3 is 2.54 bits per heavy atom. The van der Waals surface area contributed by atoms with Gasteiger partial charge in [-0.25, -0.2) is 4.79 Å². The molecule has 0 amide bonds. The Kier molecular flexibility index (Phi) is 7.04. The number of esters is 1. The van der Waals surface area contributed by atoms with E-state index in [9.17, 15) is 24.9 Å². The van der Waals surface area contributed by atoms with Crippen LogP contribution < -0.4 is 0 Å². The lowest BCUT2D eigenvalue weighted by Crippen LogP contribution is -2.63. The third kappa shape index (κ3) is 4.02. The highest BCUT2D eigenvalue weighted by molar-refractivity contribution is 5.85. The molecule has 0 spiro atoms. The molecule has 9 heteroatoms. The molecule has 2 aliphatic heterocycles. The zero-order valence-corrected chi connectivity index (χ0v) is 23.3. The number of methoxy groups -OCH3 is 1. The largest absolute Gasteiger partial charge is 0.458 e. The number of hydrogen-bond acceptors (Lipinski definition) is 9. The lowest BCUT2D eigenvalue weighted by molar-refractivity contribution is -0.312. The van der Waals surface area contributed by atoms with Crippen LogP contribution in [0.3, 0.4) is 0 Å². The van der Waals surface area contributed by atoms with Crippen molar-refractivity contribution in [2.24, 2.45) is 34.5 Å². The normalized spacial score (nSPS) is 53.3. The van der Waals surface area contributed by atoms with E-state index in [0.29, 0.717) is 32.3 Å². The van der Waals surface area contributed by atoms with Crippen molar-refractivity contribution in [2.45, 2.75) is 114 Å². The molecule has 4 aliphatic carbocycles. The summed E-state index contributed by atoms with van der Waals surface area (Å²) < 4.78 is 22.6. The zero-order valence-electron chi connectivity index (χ0n) is 23.3. The Morgan fingerprint density at radius 1 is 1.05 bits per heavy atom. The predicted octanol–water partition coefficient (Wildman–Crippen LogP) is 2.29. The summed E-state index contributed by atoms with van der Waals surface area (Å²) >= 11 is 0. The van der Waals surface area contributed by atoms with Crippen LogP contribution in [-0.4, -0.2) is 83.7 Å². The number of carbonyl (C=O) groups is 2. The maximum absolute atomic E-state index is 13.0. The van der Waals surface area contributed by atoms with Gasteiger partial charge in [-0.1, -0.05) is 6.92 Å². The summed E-state index contributed by atoms with van der Waals surface area (Å²) in [5.74, 6) is 0.152. The van der Waals surface area contributed by atoms with Crippen LogP contribution in [0.4, 0.5) is 0 Å². The molecule has 6 rings (SSSR count). The highest BCUT2D eigenvalue weighted by Crippen LogP contribution is 2.69. The fourth-order valence-corrected chi connectivity index (χ4v) is 10.00. The highest BCUT2D eigenvalue weighted by atomic mass is 16.7. The monoisotopic (exact) mass is 548 g/mol. The molecule has 0 aromatic rings. The number of carbonyl (C=O) groups excluding carboxylic acids is 2. The van der Waals surface area contributed by atoms with E-state index in [1.54, 1.807) is 13.0 Å². The second-order valence-electron chi connectivity index (χ2n) is 13.4. The number of fused-ring (bicyclic) bond motifs is 5. The maximum atomic E-state index is 13.0. The van der Waals surface area contributed by atoms with Crippen LogP contribution in [0.25, 0.3) is 0 Å². The van der Waals surface area contributed by atoms with Crippen LogP contribution in [0.1, 0.15) is 71.6 Å². The number of aldehydes is 1. The van der Waals surface area contributed by atoms with Crippen molar-refractivity contribution in [2.75, 3.05) is 13.7 Å². The first-order valence-corrected chi connectivity index (χ1v) is 14.8. The molecule has 0 radical (unpaired) electrons. The van der Waals surface area contributed by atoms with Crippen LogP contribution >= 0.6 is 0 Å². The molecule has 0 unspecified atom stereocenters. The third-order valence-corrected chi connectivity index (χ3v) is 12.1. The van der Waals surface area contributed by atoms with Gasteiger partial charge >= 0.3 is 5.97 Å².